The van der Waals surface area contributed by atoms with Gasteiger partial charge in [0.1, 0.15) is 0 Å². The Hall–Kier alpha value is -4.58. The Morgan fingerprint density at radius 3 is 2.28 bits per heavy atom. The molecule has 5 aromatic heterocycles. The van der Waals surface area contributed by atoms with Crippen LogP contribution in [0.25, 0.3) is 45.0 Å². The summed E-state index contributed by atoms with van der Waals surface area (Å²) in [6, 6.07) is 21.1. The molecular weight excluding hydrogens is 758 g/mol. The third kappa shape index (κ3) is 5.86. The van der Waals surface area contributed by atoms with Gasteiger partial charge in [0.2, 0.25) is 0 Å². The van der Waals surface area contributed by atoms with Crippen LogP contribution in [0.4, 0.5) is 23.1 Å². The van der Waals surface area contributed by atoms with E-state index >= 15 is 0 Å². The van der Waals surface area contributed by atoms with E-state index in [1.807, 2.05) is 32.1 Å². The van der Waals surface area contributed by atoms with Crippen LogP contribution in [0.3, 0.4) is 0 Å². The van der Waals surface area contributed by atoms with Crippen LogP contribution in [-0.4, -0.2) is 97.8 Å². The van der Waals surface area contributed by atoms with Crippen LogP contribution in [0.2, 0.25) is 10.6 Å². The molecule has 0 amide bonds. The van der Waals surface area contributed by atoms with Crippen LogP contribution in [0.5, 0.6) is 0 Å². The second-order valence-electron chi connectivity index (χ2n) is 12.5. The van der Waals surface area contributed by atoms with E-state index in [2.05, 4.69) is 125 Å². The number of aryl methyl sites for hydroxylation is 2. The van der Waals surface area contributed by atoms with E-state index in [0.717, 1.165) is 93.4 Å². The Morgan fingerprint density at radius 1 is 0.840 bits per heavy atom. The molecule has 1 atom stereocenters. The van der Waals surface area contributed by atoms with E-state index < -0.39 is 0 Å². The average molecular weight is 800 g/mol. The predicted molar refractivity (Wildman–Crippen MR) is 200 cm³/mol. The van der Waals surface area contributed by atoms with Crippen molar-refractivity contribution in [3.8, 4) is 22.5 Å². The number of aromatic nitrogens is 8. The molecule has 3 N–H and O–H groups in total. The molecule has 0 fully saturated rings. The number of benzene rings is 2. The van der Waals surface area contributed by atoms with Gasteiger partial charge in [-0.05, 0) is 0 Å². The van der Waals surface area contributed by atoms with Gasteiger partial charge in [0.15, 0.2) is 0 Å². The molecule has 254 valence electrons. The minimum absolute atomic E-state index is 0.670. The van der Waals surface area contributed by atoms with Gasteiger partial charge in [-0.25, -0.2) is 0 Å². The van der Waals surface area contributed by atoms with E-state index in [1.165, 1.54) is 16.2 Å². The standard InChI is InChI=1S/C36H40N12Se2/c1-43-21-39-31-29(43)36-46(4)28(26-15-9-6-10-16-26)34(48(36)22-40-31)38-18-12-20-50-49-19-11-17-37-32-27(25-13-7-5-8-14-25)42-35-30-33(41-23-47(32)35)45(3)24-44(30)2/h5-10,13-16,21-24,37-38H,11-12,17-20H2,1-4H3/q+2/p+1. The second kappa shape index (κ2) is 14.0. The van der Waals surface area contributed by atoms with Gasteiger partial charge >= 0.3 is 303 Å². The summed E-state index contributed by atoms with van der Waals surface area (Å²) in [7, 11) is 8.34. The Kier molecular flexibility index (Phi) is 9.11. The predicted octanol–water partition coefficient (Wildman–Crippen LogP) is 3.35. The van der Waals surface area contributed by atoms with Gasteiger partial charge in [-0.15, -0.1) is 0 Å². The van der Waals surface area contributed by atoms with Gasteiger partial charge in [0.05, 0.1) is 0 Å². The first kappa shape index (κ1) is 32.6. The third-order valence-electron chi connectivity index (χ3n) is 9.11. The Morgan fingerprint density at radius 2 is 1.54 bits per heavy atom. The second-order valence-corrected chi connectivity index (χ2v) is 20.4. The summed E-state index contributed by atoms with van der Waals surface area (Å²) in [4.78, 5) is 20.3. The van der Waals surface area contributed by atoms with Crippen LogP contribution in [0, 0.1) is 0 Å². The molecule has 0 spiro atoms. The van der Waals surface area contributed by atoms with Crippen LogP contribution >= 0.6 is 0 Å². The molecule has 1 unspecified atom stereocenters. The summed E-state index contributed by atoms with van der Waals surface area (Å²) in [6.07, 6.45) is 10.1. The van der Waals surface area contributed by atoms with Crippen molar-refractivity contribution in [2.45, 2.75) is 23.5 Å². The van der Waals surface area contributed by atoms with Crippen LogP contribution in [0.1, 0.15) is 12.8 Å². The van der Waals surface area contributed by atoms with Crippen molar-refractivity contribution >= 4 is 78.2 Å². The number of hydrogen-bond donors (Lipinski definition) is 3. The molecule has 2 aromatic carbocycles. The molecule has 6 heterocycles. The Bertz CT molecular complexity index is 2340. The zero-order valence-electron chi connectivity index (χ0n) is 28.7. The SMILES string of the molecule is Cn1cnc2nc[n+]3c(NCCC[Se][Se]CCCNc4c(-c5ccccc5)nc5c6c(ncn45)[NH+](C)C=[N+]6C)c(-c4ccccc4)n(C)c3c21. The molecule has 0 aliphatic carbocycles. The first-order valence-electron chi connectivity index (χ1n) is 16.9. The fraction of sp³-hybridized carbons (Fsp3) is 0.278. The van der Waals surface area contributed by atoms with Crippen LogP contribution < -0.4 is 19.9 Å². The van der Waals surface area contributed by atoms with E-state index in [-0.39, 0.29) is 0 Å². The maximum atomic E-state index is 5.15. The van der Waals surface area contributed by atoms with Gasteiger partial charge in [0.25, 0.3) is 0 Å². The summed E-state index contributed by atoms with van der Waals surface area (Å²) in [6.45, 7) is 1.84. The minimum atomic E-state index is 0.670. The normalized spacial score (nSPS) is 14.2. The molecular formula is C36H41N12Se2+3. The van der Waals surface area contributed by atoms with Crippen molar-refractivity contribution in [3.63, 3.8) is 0 Å². The number of rotatable bonds is 13. The number of nitrogens with one attached hydrogen (secondary N) is 3. The van der Waals surface area contributed by atoms with Gasteiger partial charge in [-0.3, -0.25) is 0 Å². The number of fused-ring (bicyclic) bond motifs is 6. The molecule has 0 saturated heterocycles. The van der Waals surface area contributed by atoms with E-state index in [0.29, 0.717) is 26.3 Å². The van der Waals surface area contributed by atoms with Crippen molar-refractivity contribution < 1.29 is 13.9 Å². The zero-order valence-corrected chi connectivity index (χ0v) is 32.1. The summed E-state index contributed by atoms with van der Waals surface area (Å²) in [5.74, 6) is 3.10. The Balaban J connectivity index is 0.875. The molecule has 12 nitrogen and oxygen atoms in total. The third-order valence-corrected chi connectivity index (χ3v) is 16.8. The summed E-state index contributed by atoms with van der Waals surface area (Å²) in [5, 5.41) is 10.1. The number of quaternary nitrogens is 1. The van der Waals surface area contributed by atoms with Crippen LogP contribution in [-0.2, 0) is 14.1 Å². The van der Waals surface area contributed by atoms with Gasteiger partial charge in [0, 0.05) is 0 Å². The molecule has 0 bridgehead atoms. The quantitative estimate of drug-likeness (QED) is 0.0941. The van der Waals surface area contributed by atoms with E-state index in [9.17, 15) is 0 Å². The summed E-state index contributed by atoms with van der Waals surface area (Å²) in [5.41, 5.74) is 9.28. The van der Waals surface area contributed by atoms with Crippen molar-refractivity contribution in [2.75, 3.05) is 37.8 Å². The van der Waals surface area contributed by atoms with Crippen molar-refractivity contribution in [1.29, 1.82) is 0 Å². The number of hydrogen-bond acceptors (Lipinski definition) is 6. The van der Waals surface area contributed by atoms with Crippen LogP contribution in [0.15, 0.2) is 79.6 Å². The monoisotopic (exact) mass is 801 g/mol. The zero-order chi connectivity index (χ0) is 34.2. The Labute approximate surface area is 301 Å². The van der Waals surface area contributed by atoms with Gasteiger partial charge in [-0.1, -0.05) is 0 Å². The van der Waals surface area contributed by atoms with Crippen molar-refractivity contribution in [3.05, 3.63) is 79.6 Å². The summed E-state index contributed by atoms with van der Waals surface area (Å²) < 4.78 is 10.8. The van der Waals surface area contributed by atoms with Crippen molar-refractivity contribution in [1.82, 2.24) is 33.5 Å². The molecule has 14 heteroatoms. The maximum absolute atomic E-state index is 5.15. The fourth-order valence-electron chi connectivity index (χ4n) is 6.79. The molecule has 8 rings (SSSR count). The van der Waals surface area contributed by atoms with Gasteiger partial charge in [-0.2, -0.15) is 0 Å². The molecule has 1 aliphatic heterocycles. The first-order chi connectivity index (χ1) is 24.5. The number of imidazole rings is 3. The first-order valence-corrected chi connectivity index (χ1v) is 23.6. The van der Waals surface area contributed by atoms with E-state index in [4.69, 9.17) is 9.97 Å². The topological polar surface area (TPSA) is 101 Å². The fourth-order valence-corrected chi connectivity index (χ4v) is 13.5. The molecule has 0 saturated carbocycles. The molecule has 7 aromatic rings. The molecule has 50 heavy (non-hydrogen) atoms. The summed E-state index contributed by atoms with van der Waals surface area (Å²) >= 11 is 1.34. The van der Waals surface area contributed by atoms with Gasteiger partial charge < -0.3 is 0 Å². The molecule has 1 aliphatic rings. The number of nitrogens with zero attached hydrogens (tertiary/aromatic N) is 9. The molecule has 0 radical (unpaired) electrons. The van der Waals surface area contributed by atoms with Crippen molar-refractivity contribution in [2.24, 2.45) is 14.1 Å². The van der Waals surface area contributed by atoms with E-state index in [1.54, 1.807) is 0 Å². The average Bonchev–Trinajstić information content (AvgIpc) is 3.86. The number of anilines is 2.